The molecule has 0 spiro atoms. The van der Waals surface area contributed by atoms with Crippen molar-refractivity contribution >= 4 is 17.7 Å². The Morgan fingerprint density at radius 3 is 2.50 bits per heavy atom. The van der Waals surface area contributed by atoms with Gasteiger partial charge in [-0.15, -0.1) is 13.2 Å². The number of rotatable bonds is 7. The Labute approximate surface area is 117 Å². The van der Waals surface area contributed by atoms with Gasteiger partial charge in [-0.2, -0.15) is 0 Å². The molecule has 0 N–H and O–H groups in total. The number of nitro groups is 1. The summed E-state index contributed by atoms with van der Waals surface area (Å²) < 4.78 is 0. The minimum atomic E-state index is -0.471. The molecule has 20 heavy (non-hydrogen) atoms. The molecule has 0 heterocycles. The number of carbonyl (C=O) groups is 1. The van der Waals surface area contributed by atoms with E-state index in [4.69, 9.17) is 0 Å². The molecule has 0 aliphatic heterocycles. The predicted molar refractivity (Wildman–Crippen MR) is 79.1 cm³/mol. The number of carbonyl (C=O) groups excluding carboxylic acids is 1. The lowest BCUT2D eigenvalue weighted by molar-refractivity contribution is -0.384. The second-order valence-corrected chi connectivity index (χ2v) is 4.01. The summed E-state index contributed by atoms with van der Waals surface area (Å²) in [6.45, 7) is 8.02. The zero-order valence-electron chi connectivity index (χ0n) is 11.1. The average molecular weight is 272 g/mol. The normalized spacial score (nSPS) is 10.2. The summed E-state index contributed by atoms with van der Waals surface area (Å²) in [6, 6.07) is 6.09. The first-order chi connectivity index (χ1) is 9.58. The molecule has 0 fully saturated rings. The van der Waals surface area contributed by atoms with Gasteiger partial charge in [0.15, 0.2) is 0 Å². The van der Waals surface area contributed by atoms with Gasteiger partial charge < -0.3 is 4.90 Å². The Bertz CT molecular complexity index is 540. The van der Waals surface area contributed by atoms with E-state index >= 15 is 0 Å². The Balaban J connectivity index is 2.82. The summed E-state index contributed by atoms with van der Waals surface area (Å²) in [5.41, 5.74) is 0.596. The van der Waals surface area contributed by atoms with Gasteiger partial charge in [0.2, 0.25) is 5.91 Å². The van der Waals surface area contributed by atoms with Gasteiger partial charge in [0.05, 0.1) is 4.92 Å². The van der Waals surface area contributed by atoms with E-state index < -0.39 is 4.92 Å². The van der Waals surface area contributed by atoms with E-state index in [-0.39, 0.29) is 11.6 Å². The van der Waals surface area contributed by atoms with Gasteiger partial charge in [-0.1, -0.05) is 24.3 Å². The van der Waals surface area contributed by atoms with Crippen molar-refractivity contribution in [1.29, 1.82) is 0 Å². The van der Waals surface area contributed by atoms with Crippen molar-refractivity contribution in [3.05, 3.63) is 71.3 Å². The molecule has 1 amide bonds. The first-order valence-corrected chi connectivity index (χ1v) is 6.01. The van der Waals surface area contributed by atoms with Gasteiger partial charge in [0, 0.05) is 31.3 Å². The standard InChI is InChI=1S/C15H16N2O3/c1-3-10-16(11-4-2)15(18)9-8-13-6-5-7-14(12-13)17(19)20/h3-9,12H,1-2,10-11H2/b9-8+. The Morgan fingerprint density at radius 1 is 1.30 bits per heavy atom. The number of nitrogens with zero attached hydrogens (tertiary/aromatic N) is 2. The SMILES string of the molecule is C=CCN(CC=C)C(=O)/C=C/c1cccc([N+](=O)[O-])c1. The fourth-order valence-corrected chi connectivity index (χ4v) is 1.58. The van der Waals surface area contributed by atoms with Crippen LogP contribution in [0.15, 0.2) is 55.7 Å². The van der Waals surface area contributed by atoms with E-state index in [1.54, 1.807) is 35.3 Å². The second kappa shape index (κ2) is 7.68. The molecule has 1 rings (SSSR count). The fourth-order valence-electron chi connectivity index (χ4n) is 1.58. The summed E-state index contributed by atoms with van der Waals surface area (Å²) in [5.74, 6) is -0.198. The van der Waals surface area contributed by atoms with Gasteiger partial charge in [-0.3, -0.25) is 14.9 Å². The molecule has 0 atom stereocenters. The van der Waals surface area contributed by atoms with E-state index in [0.717, 1.165) is 0 Å². The fraction of sp³-hybridized carbons (Fsp3) is 0.133. The van der Waals surface area contributed by atoms with Crippen LogP contribution in [0.25, 0.3) is 6.08 Å². The average Bonchev–Trinajstić information content (AvgIpc) is 2.45. The number of benzene rings is 1. The van der Waals surface area contributed by atoms with Crippen LogP contribution in [0.1, 0.15) is 5.56 Å². The highest BCUT2D eigenvalue weighted by Gasteiger charge is 2.07. The summed E-state index contributed by atoms with van der Waals surface area (Å²) in [7, 11) is 0. The topological polar surface area (TPSA) is 63.5 Å². The lowest BCUT2D eigenvalue weighted by Crippen LogP contribution is -2.29. The molecule has 5 nitrogen and oxygen atoms in total. The van der Waals surface area contributed by atoms with E-state index in [1.807, 2.05) is 0 Å². The Hall–Kier alpha value is -2.69. The van der Waals surface area contributed by atoms with Crippen molar-refractivity contribution < 1.29 is 9.72 Å². The van der Waals surface area contributed by atoms with Crippen molar-refractivity contribution in [3.8, 4) is 0 Å². The van der Waals surface area contributed by atoms with Gasteiger partial charge in [-0.25, -0.2) is 0 Å². The summed E-state index contributed by atoms with van der Waals surface area (Å²) >= 11 is 0. The Kier molecular flexibility index (Phi) is 5.90. The minimum absolute atomic E-state index is 0.00589. The maximum Gasteiger partial charge on any atom is 0.270 e. The van der Waals surface area contributed by atoms with Crippen molar-refractivity contribution in [2.45, 2.75) is 0 Å². The molecular weight excluding hydrogens is 256 g/mol. The van der Waals surface area contributed by atoms with Gasteiger partial charge in [-0.05, 0) is 11.6 Å². The molecule has 0 radical (unpaired) electrons. The highest BCUT2D eigenvalue weighted by molar-refractivity contribution is 5.92. The molecule has 5 heteroatoms. The van der Waals surface area contributed by atoms with Crippen LogP contribution in [0.3, 0.4) is 0 Å². The Morgan fingerprint density at radius 2 is 1.95 bits per heavy atom. The van der Waals surface area contributed by atoms with E-state index in [0.29, 0.717) is 18.7 Å². The first kappa shape index (κ1) is 15.4. The maximum absolute atomic E-state index is 11.9. The molecule has 0 unspecified atom stereocenters. The maximum atomic E-state index is 11.9. The van der Waals surface area contributed by atoms with Gasteiger partial charge >= 0.3 is 0 Å². The summed E-state index contributed by atoms with van der Waals surface area (Å²) in [6.07, 6.45) is 6.19. The molecule has 1 aromatic carbocycles. The predicted octanol–water partition coefficient (Wildman–Crippen LogP) is 2.81. The van der Waals surface area contributed by atoms with Crippen LogP contribution in [-0.2, 0) is 4.79 Å². The smallest absolute Gasteiger partial charge is 0.270 e. The van der Waals surface area contributed by atoms with Crippen LogP contribution in [0, 0.1) is 10.1 Å². The van der Waals surface area contributed by atoms with Crippen LogP contribution in [-0.4, -0.2) is 28.8 Å². The molecule has 1 aromatic rings. The zero-order chi connectivity index (χ0) is 15.0. The second-order valence-electron chi connectivity index (χ2n) is 4.01. The van der Waals surface area contributed by atoms with Crippen molar-refractivity contribution in [2.24, 2.45) is 0 Å². The highest BCUT2D eigenvalue weighted by Crippen LogP contribution is 2.14. The molecule has 0 saturated heterocycles. The molecule has 0 aliphatic rings. The molecule has 0 saturated carbocycles. The van der Waals surface area contributed by atoms with E-state index in [1.165, 1.54) is 18.2 Å². The quantitative estimate of drug-likeness (QED) is 0.332. The van der Waals surface area contributed by atoms with Crippen LogP contribution in [0.2, 0.25) is 0 Å². The lowest BCUT2D eigenvalue weighted by Gasteiger charge is -2.16. The number of non-ortho nitro benzene ring substituents is 1. The molecule has 104 valence electrons. The molecular formula is C15H16N2O3. The lowest BCUT2D eigenvalue weighted by atomic mass is 10.2. The van der Waals surface area contributed by atoms with Crippen LogP contribution in [0.4, 0.5) is 5.69 Å². The highest BCUT2D eigenvalue weighted by atomic mass is 16.6. The van der Waals surface area contributed by atoms with Crippen molar-refractivity contribution in [3.63, 3.8) is 0 Å². The summed E-state index contributed by atoms with van der Waals surface area (Å²) in [5, 5.41) is 10.7. The van der Waals surface area contributed by atoms with Crippen molar-refractivity contribution in [1.82, 2.24) is 4.90 Å². The van der Waals surface area contributed by atoms with Crippen LogP contribution < -0.4 is 0 Å². The number of nitro benzene ring substituents is 1. The monoisotopic (exact) mass is 272 g/mol. The third-order valence-electron chi connectivity index (χ3n) is 2.51. The number of hydrogen-bond acceptors (Lipinski definition) is 3. The van der Waals surface area contributed by atoms with E-state index in [2.05, 4.69) is 13.2 Å². The minimum Gasteiger partial charge on any atom is -0.332 e. The molecule has 0 aliphatic carbocycles. The van der Waals surface area contributed by atoms with E-state index in [9.17, 15) is 14.9 Å². The molecule has 0 bridgehead atoms. The third-order valence-corrected chi connectivity index (χ3v) is 2.51. The zero-order valence-corrected chi connectivity index (χ0v) is 11.1. The van der Waals surface area contributed by atoms with Gasteiger partial charge in [0.25, 0.3) is 5.69 Å². The third kappa shape index (κ3) is 4.53. The molecule has 0 aromatic heterocycles. The first-order valence-electron chi connectivity index (χ1n) is 6.01. The number of hydrogen-bond donors (Lipinski definition) is 0. The summed E-state index contributed by atoms with van der Waals surface area (Å²) in [4.78, 5) is 23.7. The van der Waals surface area contributed by atoms with Crippen LogP contribution >= 0.6 is 0 Å². The number of amides is 1. The van der Waals surface area contributed by atoms with Crippen molar-refractivity contribution in [2.75, 3.05) is 13.1 Å². The largest absolute Gasteiger partial charge is 0.332 e. The van der Waals surface area contributed by atoms with Crippen LogP contribution in [0.5, 0.6) is 0 Å². The van der Waals surface area contributed by atoms with Gasteiger partial charge in [0.1, 0.15) is 0 Å².